The van der Waals surface area contributed by atoms with Crippen LogP contribution in [0, 0.1) is 0 Å². The zero-order valence-corrected chi connectivity index (χ0v) is 23.8. The fourth-order valence-electron chi connectivity index (χ4n) is 3.58. The van der Waals surface area contributed by atoms with Gasteiger partial charge in [-0.1, -0.05) is 29.2 Å². The molecule has 1 saturated heterocycles. The number of carboxylic acid groups (broad SMARTS) is 1. The standard InChI is InChI=1S/C22H25N5O7S4/c1-22(2,3)34-20(33)23-7-12-25-26-21(38-12)37-9-10-8-36-18-13(17(30)27(18)14(10)19(31)32)24-16(29)15(28)11-5-4-6-35-11/h4-6,13,15,18,28H,7-9H2,1-3H3,(H,23,33)(H,24,29)(H,31,32)/t13?,15?,18-/m0/s1. The number of aliphatic hydroxyl groups excluding tert-OH is 1. The van der Waals surface area contributed by atoms with E-state index in [4.69, 9.17) is 4.74 Å². The minimum Gasteiger partial charge on any atom is -0.477 e. The number of nitrogens with one attached hydrogen (secondary N) is 2. The molecule has 2 aliphatic rings. The number of carboxylic acids is 1. The number of alkyl carbamates (subject to hydrolysis) is 1. The Morgan fingerprint density at radius 2 is 2.08 bits per heavy atom. The number of hydrogen-bond donors (Lipinski definition) is 4. The van der Waals surface area contributed by atoms with Gasteiger partial charge in [-0.25, -0.2) is 9.59 Å². The predicted molar refractivity (Wildman–Crippen MR) is 143 cm³/mol. The van der Waals surface area contributed by atoms with Crippen molar-refractivity contribution in [3.63, 3.8) is 0 Å². The van der Waals surface area contributed by atoms with Crippen LogP contribution >= 0.6 is 46.2 Å². The lowest BCUT2D eigenvalue weighted by Crippen LogP contribution is -2.70. The summed E-state index contributed by atoms with van der Waals surface area (Å²) in [4.78, 5) is 50.8. The highest BCUT2D eigenvalue weighted by Gasteiger charge is 2.54. The van der Waals surface area contributed by atoms with E-state index in [1.807, 2.05) is 0 Å². The lowest BCUT2D eigenvalue weighted by molar-refractivity contribution is -0.151. The summed E-state index contributed by atoms with van der Waals surface area (Å²) in [7, 11) is 0. The Morgan fingerprint density at radius 3 is 2.74 bits per heavy atom. The Kier molecular flexibility index (Phi) is 8.66. The number of thioether (sulfide) groups is 2. The highest BCUT2D eigenvalue weighted by atomic mass is 32.2. The molecule has 0 saturated carbocycles. The zero-order valence-electron chi connectivity index (χ0n) is 20.5. The van der Waals surface area contributed by atoms with E-state index in [1.54, 1.807) is 38.3 Å². The van der Waals surface area contributed by atoms with Crippen molar-refractivity contribution in [2.45, 2.75) is 54.8 Å². The van der Waals surface area contributed by atoms with Crippen LogP contribution in [0.3, 0.4) is 0 Å². The van der Waals surface area contributed by atoms with E-state index in [0.29, 0.717) is 25.6 Å². The maximum atomic E-state index is 12.8. The second-order valence-electron chi connectivity index (χ2n) is 9.18. The third-order valence-electron chi connectivity index (χ3n) is 5.21. The molecule has 204 valence electrons. The van der Waals surface area contributed by atoms with E-state index in [0.717, 1.165) is 0 Å². The highest BCUT2D eigenvalue weighted by molar-refractivity contribution is 8.01. The first-order chi connectivity index (χ1) is 17.9. The monoisotopic (exact) mass is 599 g/mol. The van der Waals surface area contributed by atoms with E-state index in [1.165, 1.54) is 51.1 Å². The van der Waals surface area contributed by atoms with Crippen LogP contribution in [0.15, 0.2) is 33.1 Å². The molecule has 3 amide bonds. The Morgan fingerprint density at radius 1 is 1.32 bits per heavy atom. The number of aliphatic hydroxyl groups is 1. The van der Waals surface area contributed by atoms with Gasteiger partial charge in [0.15, 0.2) is 10.4 Å². The van der Waals surface area contributed by atoms with Crippen molar-refractivity contribution >= 4 is 70.1 Å². The number of β-lactam (4-membered cyclic amide) rings is 1. The Bertz CT molecular complexity index is 1260. The molecule has 0 aliphatic carbocycles. The molecule has 16 heteroatoms. The molecule has 3 atom stereocenters. The molecule has 0 aromatic carbocycles. The zero-order chi connectivity index (χ0) is 27.6. The van der Waals surface area contributed by atoms with Crippen molar-refractivity contribution in [3.8, 4) is 0 Å². The maximum absolute atomic E-state index is 12.8. The van der Waals surface area contributed by atoms with Gasteiger partial charge in [-0.15, -0.1) is 33.3 Å². The molecular formula is C22H25N5O7S4. The van der Waals surface area contributed by atoms with Crippen LogP contribution in [-0.2, 0) is 25.7 Å². The molecule has 12 nitrogen and oxygen atoms in total. The lowest BCUT2D eigenvalue weighted by atomic mass is 10.0. The van der Waals surface area contributed by atoms with Crippen molar-refractivity contribution in [2.24, 2.45) is 0 Å². The smallest absolute Gasteiger partial charge is 0.408 e. The van der Waals surface area contributed by atoms with Crippen LogP contribution in [0.5, 0.6) is 0 Å². The summed E-state index contributed by atoms with van der Waals surface area (Å²) >= 11 is 5.10. The number of carbonyl (C=O) groups is 4. The second kappa shape index (κ2) is 11.6. The summed E-state index contributed by atoms with van der Waals surface area (Å²) in [6.07, 6.45) is -1.97. The maximum Gasteiger partial charge on any atom is 0.408 e. The van der Waals surface area contributed by atoms with Gasteiger partial charge in [0.1, 0.15) is 27.7 Å². The molecule has 2 unspecified atom stereocenters. The van der Waals surface area contributed by atoms with Crippen molar-refractivity contribution in [3.05, 3.63) is 38.7 Å². The Hall–Kier alpha value is -2.66. The van der Waals surface area contributed by atoms with Gasteiger partial charge in [-0.3, -0.25) is 14.5 Å². The number of aliphatic carboxylic acids is 1. The van der Waals surface area contributed by atoms with Crippen molar-refractivity contribution in [2.75, 3.05) is 11.5 Å². The summed E-state index contributed by atoms with van der Waals surface area (Å²) in [5, 5.41) is 35.1. The first-order valence-electron chi connectivity index (χ1n) is 11.3. The van der Waals surface area contributed by atoms with E-state index in [-0.39, 0.29) is 18.0 Å². The fourth-order valence-corrected chi connectivity index (χ4v) is 7.61. The van der Waals surface area contributed by atoms with Crippen LogP contribution in [0.2, 0.25) is 0 Å². The lowest BCUT2D eigenvalue weighted by Gasteiger charge is -2.49. The summed E-state index contributed by atoms with van der Waals surface area (Å²) in [6, 6.07) is 2.40. The molecule has 0 radical (unpaired) electrons. The molecule has 4 N–H and O–H groups in total. The third kappa shape index (κ3) is 6.48. The number of carbonyl (C=O) groups excluding carboxylic acids is 3. The minimum absolute atomic E-state index is 0.105. The van der Waals surface area contributed by atoms with Gasteiger partial charge >= 0.3 is 12.1 Å². The van der Waals surface area contributed by atoms with Crippen LogP contribution in [0.4, 0.5) is 4.79 Å². The molecule has 2 aliphatic heterocycles. The van der Waals surface area contributed by atoms with Gasteiger partial charge in [0.25, 0.3) is 11.8 Å². The average molecular weight is 600 g/mol. The summed E-state index contributed by atoms with van der Waals surface area (Å²) in [5.41, 5.74) is -0.177. The third-order valence-corrected chi connectivity index (χ3v) is 9.62. The van der Waals surface area contributed by atoms with Gasteiger partial charge in [0.05, 0.1) is 6.54 Å². The number of fused-ring (bicyclic) bond motifs is 1. The first-order valence-corrected chi connectivity index (χ1v) is 15.0. The molecule has 2 aromatic rings. The van der Waals surface area contributed by atoms with Crippen LogP contribution in [-0.4, -0.2) is 77.7 Å². The summed E-state index contributed by atoms with van der Waals surface area (Å²) in [6.45, 7) is 5.43. The normalized spacial score (nSPS) is 19.9. The van der Waals surface area contributed by atoms with Crippen LogP contribution < -0.4 is 10.6 Å². The molecule has 4 heterocycles. The van der Waals surface area contributed by atoms with Crippen molar-refractivity contribution in [1.29, 1.82) is 0 Å². The van der Waals surface area contributed by atoms with Crippen LogP contribution in [0.1, 0.15) is 36.8 Å². The number of rotatable bonds is 9. The number of thiophene rings is 1. The minimum atomic E-state index is -1.40. The topological polar surface area (TPSA) is 171 Å². The number of aromatic nitrogens is 2. The molecule has 38 heavy (non-hydrogen) atoms. The summed E-state index contributed by atoms with van der Waals surface area (Å²) in [5.74, 6) is -1.87. The largest absolute Gasteiger partial charge is 0.477 e. The molecule has 0 bridgehead atoms. The van der Waals surface area contributed by atoms with Gasteiger partial charge in [-0.2, -0.15) is 0 Å². The first kappa shape index (κ1) is 28.4. The van der Waals surface area contributed by atoms with Gasteiger partial charge < -0.3 is 25.6 Å². The number of nitrogens with zero attached hydrogens (tertiary/aromatic N) is 3. The van der Waals surface area contributed by atoms with Gasteiger partial charge in [0, 0.05) is 16.4 Å². The molecule has 2 aromatic heterocycles. The van der Waals surface area contributed by atoms with Gasteiger partial charge in [0.2, 0.25) is 0 Å². The number of amides is 3. The highest BCUT2D eigenvalue weighted by Crippen LogP contribution is 2.42. The van der Waals surface area contributed by atoms with Crippen LogP contribution in [0.25, 0.3) is 0 Å². The molecule has 1 fully saturated rings. The van der Waals surface area contributed by atoms with E-state index in [9.17, 15) is 29.4 Å². The van der Waals surface area contributed by atoms with E-state index in [2.05, 4.69) is 20.8 Å². The van der Waals surface area contributed by atoms with E-state index >= 15 is 0 Å². The van der Waals surface area contributed by atoms with Crippen molar-refractivity contribution < 1.29 is 34.1 Å². The fraction of sp³-hybridized carbons (Fsp3) is 0.455. The molecule has 4 rings (SSSR count). The Labute approximate surface area is 234 Å². The second-order valence-corrected chi connectivity index (χ2v) is 13.5. The number of ether oxygens (including phenoxy) is 1. The number of hydrogen-bond acceptors (Lipinski definition) is 12. The molecular weight excluding hydrogens is 575 g/mol. The van der Waals surface area contributed by atoms with Gasteiger partial charge in [-0.05, 0) is 37.8 Å². The predicted octanol–water partition coefficient (Wildman–Crippen LogP) is 2.19. The van der Waals surface area contributed by atoms with Crippen molar-refractivity contribution in [1.82, 2.24) is 25.7 Å². The molecule has 0 spiro atoms. The quantitative estimate of drug-likeness (QED) is 0.246. The SMILES string of the molecule is CC(C)(C)OC(=O)NCc1nnc(SCC2=C(C(=O)O)N3C(=O)C(NC(=O)C(O)c4cccs4)[C@@H]3SC2)s1. The summed E-state index contributed by atoms with van der Waals surface area (Å²) < 4.78 is 5.77. The van der Waals surface area contributed by atoms with E-state index < -0.39 is 47.0 Å². The Balaban J connectivity index is 1.35. The average Bonchev–Trinajstić information content (AvgIpc) is 3.54.